The average Bonchev–Trinajstić information content (AvgIpc) is 3.29. The Hall–Kier alpha value is -3.03. The maximum absolute atomic E-state index is 9.59. The van der Waals surface area contributed by atoms with Gasteiger partial charge in [-0.15, -0.1) is 0 Å². The quantitative estimate of drug-likeness (QED) is 0.575. The first kappa shape index (κ1) is 19.3. The summed E-state index contributed by atoms with van der Waals surface area (Å²) in [6.45, 7) is 7.26. The van der Waals surface area contributed by atoms with Crippen molar-refractivity contribution in [2.75, 3.05) is 18.8 Å². The lowest BCUT2D eigenvalue weighted by Crippen LogP contribution is -2.24. The molecule has 0 atom stereocenters. The number of benzene rings is 1. The number of nitrogen functional groups attached to an aromatic ring is 1. The Balaban J connectivity index is 1.69. The molecule has 0 unspecified atom stereocenters. The van der Waals surface area contributed by atoms with Crippen molar-refractivity contribution in [3.8, 4) is 6.07 Å². The van der Waals surface area contributed by atoms with Crippen LogP contribution in [0.25, 0.3) is 11.2 Å². The fourth-order valence-electron chi connectivity index (χ4n) is 3.08. The number of hydrogen-bond donors (Lipinski definition) is 2. The fourth-order valence-corrected chi connectivity index (χ4v) is 4.12. The first-order valence-corrected chi connectivity index (χ1v) is 10.2. The highest BCUT2D eigenvalue weighted by Crippen LogP contribution is 2.38. The summed E-state index contributed by atoms with van der Waals surface area (Å²) in [4.78, 5) is 13.9. The number of fused-ring (bicyclic) bond motifs is 2. The van der Waals surface area contributed by atoms with Gasteiger partial charge in [0.05, 0.1) is 17.8 Å². The number of hydrogen-bond acceptors (Lipinski definition) is 9. The van der Waals surface area contributed by atoms with Gasteiger partial charge in [-0.3, -0.25) is 0 Å². The third-order valence-electron chi connectivity index (χ3n) is 4.51. The molecule has 1 aliphatic rings. The molecule has 1 aliphatic heterocycles. The lowest BCUT2D eigenvalue weighted by atomic mass is 10.1. The van der Waals surface area contributed by atoms with Gasteiger partial charge >= 0.3 is 0 Å². The Bertz CT molecular complexity index is 1130. The van der Waals surface area contributed by atoms with Gasteiger partial charge in [0.1, 0.15) is 12.4 Å². The number of aromatic nitrogens is 4. The second-order valence-corrected chi connectivity index (χ2v) is 8.17. The smallest absolute Gasteiger partial charge is 0.175 e. The van der Waals surface area contributed by atoms with E-state index in [1.165, 1.54) is 18.1 Å². The molecule has 29 heavy (non-hydrogen) atoms. The summed E-state index contributed by atoms with van der Waals surface area (Å²) in [7, 11) is 0. The van der Waals surface area contributed by atoms with Crippen LogP contribution in [-0.2, 0) is 13.1 Å². The van der Waals surface area contributed by atoms with Crippen LogP contribution in [0.1, 0.15) is 25.0 Å². The van der Waals surface area contributed by atoms with Gasteiger partial charge in [-0.1, -0.05) is 25.6 Å². The maximum Gasteiger partial charge on any atom is 0.175 e. The summed E-state index contributed by atoms with van der Waals surface area (Å²) in [5.74, 6) is 0.916. The van der Waals surface area contributed by atoms with Crippen molar-refractivity contribution in [1.82, 2.24) is 24.8 Å². The molecule has 148 valence electrons. The molecule has 0 fully saturated rings. The first-order valence-electron chi connectivity index (χ1n) is 9.36. The topological polar surface area (TPSA) is 130 Å². The van der Waals surface area contributed by atoms with Crippen molar-refractivity contribution in [1.29, 1.82) is 5.26 Å². The van der Waals surface area contributed by atoms with E-state index in [-0.39, 0.29) is 0 Å². The van der Waals surface area contributed by atoms with E-state index < -0.39 is 0 Å². The van der Waals surface area contributed by atoms with E-state index in [1.54, 1.807) is 6.07 Å². The summed E-state index contributed by atoms with van der Waals surface area (Å²) >= 11 is 1.43. The zero-order valence-electron chi connectivity index (χ0n) is 16.3. The molecule has 9 nitrogen and oxygen atoms in total. The maximum atomic E-state index is 9.59. The predicted molar refractivity (Wildman–Crippen MR) is 111 cm³/mol. The number of nitrogens with one attached hydrogen (secondary N) is 1. The minimum absolute atomic E-state index is 0.345. The molecule has 0 saturated heterocycles. The van der Waals surface area contributed by atoms with Crippen molar-refractivity contribution >= 4 is 34.4 Å². The van der Waals surface area contributed by atoms with Gasteiger partial charge in [-0.2, -0.15) is 15.5 Å². The number of imidazole rings is 1. The van der Waals surface area contributed by atoms with Crippen molar-refractivity contribution in [2.45, 2.75) is 37.0 Å². The van der Waals surface area contributed by atoms with Crippen LogP contribution < -0.4 is 11.1 Å². The van der Waals surface area contributed by atoms with E-state index in [1.807, 2.05) is 10.6 Å². The van der Waals surface area contributed by atoms with Crippen molar-refractivity contribution in [3.05, 3.63) is 29.6 Å². The molecule has 1 aromatic carbocycles. The van der Waals surface area contributed by atoms with E-state index in [4.69, 9.17) is 5.73 Å². The molecule has 3 aromatic rings. The third kappa shape index (κ3) is 3.92. The lowest BCUT2D eigenvalue weighted by Gasteiger charge is -2.11. The van der Waals surface area contributed by atoms with Crippen LogP contribution in [0, 0.1) is 17.2 Å². The number of nitrogens with two attached hydrogens (primary N) is 1. The van der Waals surface area contributed by atoms with E-state index in [0.717, 1.165) is 34.4 Å². The summed E-state index contributed by atoms with van der Waals surface area (Å²) in [5, 5.41) is 21.9. The Morgan fingerprint density at radius 2 is 2.21 bits per heavy atom. The molecule has 0 spiro atoms. The minimum Gasteiger partial charge on any atom is -0.382 e. The van der Waals surface area contributed by atoms with E-state index >= 15 is 0 Å². The van der Waals surface area contributed by atoms with E-state index in [0.29, 0.717) is 41.6 Å². The molecule has 0 amide bonds. The second kappa shape index (κ2) is 8.14. The molecule has 4 rings (SSSR count). The first-order chi connectivity index (χ1) is 14.1. The molecule has 0 radical (unpaired) electrons. The van der Waals surface area contributed by atoms with Crippen LogP contribution in [0.4, 0.5) is 11.5 Å². The van der Waals surface area contributed by atoms with Crippen LogP contribution in [0.3, 0.4) is 0 Å². The van der Waals surface area contributed by atoms with E-state index in [9.17, 15) is 5.26 Å². The minimum atomic E-state index is 0.345. The summed E-state index contributed by atoms with van der Waals surface area (Å²) in [6.07, 6.45) is 1.45. The predicted octanol–water partition coefficient (Wildman–Crippen LogP) is 3.27. The third-order valence-corrected chi connectivity index (χ3v) is 5.56. The Morgan fingerprint density at radius 3 is 3.00 bits per heavy atom. The standard InChI is InChI=1S/C19H21N9S/c1-11(2)8-22-3-4-28-18-16(17(21)23-10-24-18)26-19(28)29-15-6-13-9-25-27-14(13)5-12(15)7-20/h5-6,10-11,22H,3-4,8-9H2,1-2H3,(H2,21,23,24). The van der Waals surface area contributed by atoms with Crippen LogP contribution in [0.5, 0.6) is 0 Å². The molecular formula is C19H21N9S. The molecule has 3 heterocycles. The Labute approximate surface area is 172 Å². The van der Waals surface area contributed by atoms with Gasteiger partial charge in [-0.25, -0.2) is 15.0 Å². The number of nitriles is 1. The van der Waals surface area contributed by atoms with Crippen molar-refractivity contribution in [3.63, 3.8) is 0 Å². The SMILES string of the molecule is CC(C)CNCCn1c(Sc2cc3c(cc2C#N)N=NC3)nc2c(N)ncnc21. The fraction of sp³-hybridized carbons (Fsp3) is 0.368. The van der Waals surface area contributed by atoms with Gasteiger partial charge < -0.3 is 15.6 Å². The summed E-state index contributed by atoms with van der Waals surface area (Å²) in [6, 6.07) is 5.99. The van der Waals surface area contributed by atoms with E-state index in [2.05, 4.69) is 50.4 Å². The van der Waals surface area contributed by atoms with Crippen LogP contribution in [-0.4, -0.2) is 32.6 Å². The van der Waals surface area contributed by atoms with Gasteiger partial charge in [0, 0.05) is 23.5 Å². The average molecular weight is 408 g/mol. The van der Waals surface area contributed by atoms with Gasteiger partial charge in [0.25, 0.3) is 0 Å². The molecular weight excluding hydrogens is 386 g/mol. The Kier molecular flexibility index (Phi) is 5.42. The second-order valence-electron chi connectivity index (χ2n) is 7.17. The zero-order chi connectivity index (χ0) is 20.4. The van der Waals surface area contributed by atoms with Gasteiger partial charge in [0.2, 0.25) is 0 Å². The molecule has 0 bridgehead atoms. The Morgan fingerprint density at radius 1 is 1.34 bits per heavy atom. The molecule has 2 aromatic heterocycles. The van der Waals surface area contributed by atoms with Crippen molar-refractivity contribution in [2.24, 2.45) is 16.1 Å². The lowest BCUT2D eigenvalue weighted by molar-refractivity contribution is 0.516. The zero-order valence-corrected chi connectivity index (χ0v) is 17.1. The number of anilines is 1. The number of rotatable bonds is 7. The summed E-state index contributed by atoms with van der Waals surface area (Å²) in [5.41, 5.74) is 9.60. The highest BCUT2D eigenvalue weighted by atomic mass is 32.2. The monoisotopic (exact) mass is 407 g/mol. The largest absolute Gasteiger partial charge is 0.382 e. The van der Waals surface area contributed by atoms with Crippen LogP contribution in [0.15, 0.2) is 38.7 Å². The van der Waals surface area contributed by atoms with Crippen molar-refractivity contribution < 1.29 is 0 Å². The molecule has 10 heteroatoms. The summed E-state index contributed by atoms with van der Waals surface area (Å²) < 4.78 is 2.02. The molecule has 3 N–H and O–H groups in total. The normalized spacial score (nSPS) is 12.6. The number of nitrogens with zero attached hydrogens (tertiary/aromatic N) is 7. The van der Waals surface area contributed by atoms with Crippen LogP contribution in [0.2, 0.25) is 0 Å². The van der Waals surface area contributed by atoms with Gasteiger partial charge in [-0.05, 0) is 24.6 Å². The molecule has 0 saturated carbocycles. The number of azo groups is 1. The van der Waals surface area contributed by atoms with Crippen LogP contribution >= 0.6 is 11.8 Å². The van der Waals surface area contributed by atoms with Gasteiger partial charge in [0.15, 0.2) is 22.1 Å². The highest BCUT2D eigenvalue weighted by molar-refractivity contribution is 7.99. The highest BCUT2D eigenvalue weighted by Gasteiger charge is 2.19. The molecule has 0 aliphatic carbocycles.